The highest BCUT2D eigenvalue weighted by atomic mass is 16.6. The Morgan fingerprint density at radius 3 is 1.90 bits per heavy atom. The van der Waals surface area contributed by atoms with E-state index in [9.17, 15) is 9.59 Å². The minimum absolute atomic E-state index is 0.190. The Morgan fingerprint density at radius 1 is 0.767 bits per heavy atom. The molecule has 0 unspecified atom stereocenters. The number of esters is 2. The first-order valence-electron chi connectivity index (χ1n) is 9.40. The molecule has 0 amide bonds. The lowest BCUT2D eigenvalue weighted by atomic mass is 10.2. The second-order valence-corrected chi connectivity index (χ2v) is 6.29. The van der Waals surface area contributed by atoms with E-state index in [0.717, 1.165) is 5.56 Å². The number of ether oxygens (including phenoxy) is 2. The Labute approximate surface area is 174 Å². The lowest BCUT2D eigenvalue weighted by Gasteiger charge is -2.14. The van der Waals surface area contributed by atoms with Crippen LogP contribution in [0.1, 0.15) is 26.3 Å². The Balaban J connectivity index is 1.60. The molecule has 0 radical (unpaired) electrons. The van der Waals surface area contributed by atoms with Gasteiger partial charge in [0.1, 0.15) is 13.2 Å². The van der Waals surface area contributed by atoms with E-state index in [1.165, 1.54) is 6.21 Å². The molecule has 152 valence electrons. The molecule has 0 spiro atoms. The lowest BCUT2D eigenvalue weighted by molar-refractivity contribution is 0.0153. The third kappa shape index (κ3) is 6.60. The molecule has 3 aromatic carbocycles. The summed E-state index contributed by atoms with van der Waals surface area (Å²) in [6, 6.07) is 26.6. The van der Waals surface area contributed by atoms with Gasteiger partial charge >= 0.3 is 11.9 Å². The summed E-state index contributed by atoms with van der Waals surface area (Å²) in [5, 5.41) is 3.87. The van der Waals surface area contributed by atoms with E-state index in [0.29, 0.717) is 11.1 Å². The summed E-state index contributed by atoms with van der Waals surface area (Å²) < 4.78 is 10.7. The fourth-order valence-electron chi connectivity index (χ4n) is 2.50. The van der Waals surface area contributed by atoms with Gasteiger partial charge in [0.25, 0.3) is 0 Å². The molecule has 0 N–H and O–H groups in total. The van der Waals surface area contributed by atoms with Crippen molar-refractivity contribution >= 4 is 18.2 Å². The van der Waals surface area contributed by atoms with Gasteiger partial charge in [-0.3, -0.25) is 0 Å². The van der Waals surface area contributed by atoms with Crippen LogP contribution in [0.4, 0.5) is 0 Å². The number of carbonyl (C=O) groups excluding carboxylic acids is 2. The smallest absolute Gasteiger partial charge is 0.338 e. The predicted octanol–water partition coefficient (Wildman–Crippen LogP) is 4.27. The lowest BCUT2D eigenvalue weighted by Crippen LogP contribution is -2.27. The molecule has 1 atom stereocenters. The van der Waals surface area contributed by atoms with E-state index in [4.69, 9.17) is 14.3 Å². The summed E-state index contributed by atoms with van der Waals surface area (Å²) in [6.07, 6.45) is 0.406. The maximum atomic E-state index is 12.4. The average molecular weight is 403 g/mol. The van der Waals surface area contributed by atoms with E-state index in [-0.39, 0.29) is 13.2 Å². The minimum atomic E-state index is -0.902. The molecule has 0 bridgehead atoms. The molecule has 0 saturated heterocycles. The summed E-state index contributed by atoms with van der Waals surface area (Å²) in [5.74, 6) is -1.07. The molecule has 0 fully saturated rings. The standard InChI is InChI=1S/C24H21NO5/c26-23(20-12-6-2-7-13-20)28-18-22(30-24(27)21-14-8-3-9-15-21)16-25-29-17-19-10-4-1-5-11-19/h1-16,22H,17-18H2/b25-16+/t22-/m0/s1. The van der Waals surface area contributed by atoms with Crippen LogP contribution in [0.2, 0.25) is 0 Å². The van der Waals surface area contributed by atoms with Crippen LogP contribution in [0.15, 0.2) is 96.2 Å². The highest BCUT2D eigenvalue weighted by Gasteiger charge is 2.17. The van der Waals surface area contributed by atoms with E-state index in [2.05, 4.69) is 5.16 Å². The van der Waals surface area contributed by atoms with Crippen LogP contribution >= 0.6 is 0 Å². The highest BCUT2D eigenvalue weighted by molar-refractivity contribution is 5.91. The number of oxime groups is 1. The first-order valence-corrected chi connectivity index (χ1v) is 9.40. The number of nitrogens with zero attached hydrogens (tertiary/aromatic N) is 1. The SMILES string of the molecule is O=C(OC[C@H](/C=N/OCc1ccccc1)OC(=O)c1ccccc1)c1ccccc1. The van der Waals surface area contributed by atoms with Gasteiger partial charge in [0.05, 0.1) is 17.3 Å². The summed E-state index contributed by atoms with van der Waals surface area (Å²) in [7, 11) is 0. The second kappa shape index (κ2) is 11.2. The fraction of sp³-hybridized carbons (Fsp3) is 0.125. The van der Waals surface area contributed by atoms with Gasteiger partial charge < -0.3 is 14.3 Å². The monoisotopic (exact) mass is 403 g/mol. The highest BCUT2D eigenvalue weighted by Crippen LogP contribution is 2.07. The van der Waals surface area contributed by atoms with Crippen LogP contribution in [0.3, 0.4) is 0 Å². The first-order chi connectivity index (χ1) is 14.7. The molecule has 6 heteroatoms. The molecule has 30 heavy (non-hydrogen) atoms. The van der Waals surface area contributed by atoms with Gasteiger partial charge in [-0.2, -0.15) is 0 Å². The van der Waals surface area contributed by atoms with Gasteiger partial charge in [-0.1, -0.05) is 71.9 Å². The molecule has 0 aliphatic rings. The molecule has 0 saturated carbocycles. The van der Waals surface area contributed by atoms with Crippen LogP contribution in [0.5, 0.6) is 0 Å². The predicted molar refractivity (Wildman–Crippen MR) is 112 cm³/mol. The maximum absolute atomic E-state index is 12.4. The Morgan fingerprint density at radius 2 is 1.30 bits per heavy atom. The van der Waals surface area contributed by atoms with Crippen LogP contribution in [-0.2, 0) is 20.9 Å². The van der Waals surface area contributed by atoms with Crippen molar-refractivity contribution in [1.29, 1.82) is 0 Å². The molecule has 0 aliphatic heterocycles. The quantitative estimate of drug-likeness (QED) is 0.303. The van der Waals surface area contributed by atoms with Crippen molar-refractivity contribution in [3.05, 3.63) is 108 Å². The van der Waals surface area contributed by atoms with Crippen molar-refractivity contribution in [2.75, 3.05) is 6.61 Å². The van der Waals surface area contributed by atoms with Crippen molar-refractivity contribution in [2.45, 2.75) is 12.7 Å². The molecule has 0 aromatic heterocycles. The van der Waals surface area contributed by atoms with Crippen molar-refractivity contribution in [3.63, 3.8) is 0 Å². The van der Waals surface area contributed by atoms with Gasteiger partial charge in [0.2, 0.25) is 0 Å². The van der Waals surface area contributed by atoms with Gasteiger partial charge in [-0.15, -0.1) is 0 Å². The van der Waals surface area contributed by atoms with Crippen LogP contribution in [0.25, 0.3) is 0 Å². The number of carbonyl (C=O) groups is 2. The molecule has 3 aromatic rings. The van der Waals surface area contributed by atoms with E-state index >= 15 is 0 Å². The average Bonchev–Trinajstić information content (AvgIpc) is 2.81. The second-order valence-electron chi connectivity index (χ2n) is 6.29. The first kappa shape index (κ1) is 20.8. The molecule has 0 aliphatic carbocycles. The molecular weight excluding hydrogens is 382 g/mol. The molecular formula is C24H21NO5. The number of hydrogen-bond donors (Lipinski definition) is 0. The maximum Gasteiger partial charge on any atom is 0.338 e. The summed E-state index contributed by atoms with van der Waals surface area (Å²) in [4.78, 5) is 29.8. The van der Waals surface area contributed by atoms with Crippen LogP contribution in [0, 0.1) is 0 Å². The zero-order chi connectivity index (χ0) is 21.0. The third-order valence-corrected chi connectivity index (χ3v) is 4.03. The van der Waals surface area contributed by atoms with Gasteiger partial charge in [-0.05, 0) is 29.8 Å². The Bertz CT molecular complexity index is 959. The van der Waals surface area contributed by atoms with Gasteiger partial charge in [0, 0.05) is 0 Å². The third-order valence-electron chi connectivity index (χ3n) is 4.03. The number of rotatable bonds is 9. The zero-order valence-corrected chi connectivity index (χ0v) is 16.2. The van der Waals surface area contributed by atoms with Crippen molar-refractivity contribution in [3.8, 4) is 0 Å². The van der Waals surface area contributed by atoms with Crippen molar-refractivity contribution in [2.24, 2.45) is 5.16 Å². The summed E-state index contributed by atoms with van der Waals surface area (Å²) in [5.41, 5.74) is 1.74. The topological polar surface area (TPSA) is 74.2 Å². The Hall–Kier alpha value is -3.93. The van der Waals surface area contributed by atoms with E-state index in [1.807, 2.05) is 30.3 Å². The summed E-state index contributed by atoms with van der Waals surface area (Å²) in [6.45, 7) is 0.0744. The number of benzene rings is 3. The van der Waals surface area contributed by atoms with Crippen molar-refractivity contribution in [1.82, 2.24) is 0 Å². The van der Waals surface area contributed by atoms with Crippen molar-refractivity contribution < 1.29 is 23.9 Å². The van der Waals surface area contributed by atoms with Gasteiger partial charge in [0.15, 0.2) is 6.10 Å². The van der Waals surface area contributed by atoms with Crippen LogP contribution < -0.4 is 0 Å². The Kier molecular flexibility index (Phi) is 7.74. The summed E-state index contributed by atoms with van der Waals surface area (Å²) >= 11 is 0. The minimum Gasteiger partial charge on any atom is -0.458 e. The zero-order valence-electron chi connectivity index (χ0n) is 16.2. The molecule has 6 nitrogen and oxygen atoms in total. The number of hydrogen-bond acceptors (Lipinski definition) is 6. The van der Waals surface area contributed by atoms with Crippen LogP contribution in [-0.4, -0.2) is 30.9 Å². The van der Waals surface area contributed by atoms with Gasteiger partial charge in [-0.25, -0.2) is 9.59 Å². The van der Waals surface area contributed by atoms with E-state index < -0.39 is 18.0 Å². The molecule has 3 rings (SSSR count). The molecule has 0 heterocycles. The van der Waals surface area contributed by atoms with E-state index in [1.54, 1.807) is 60.7 Å². The largest absolute Gasteiger partial charge is 0.458 e. The fourth-order valence-corrected chi connectivity index (χ4v) is 2.50. The normalized spacial score (nSPS) is 11.6.